The van der Waals surface area contributed by atoms with Gasteiger partial charge in [0.15, 0.2) is 0 Å². The van der Waals surface area contributed by atoms with Gasteiger partial charge in [0.2, 0.25) is 0 Å². The van der Waals surface area contributed by atoms with Gasteiger partial charge in [0.25, 0.3) is 0 Å². The maximum Gasteiger partial charge on any atom is 0.143 e. The molecule has 0 N–H and O–H groups in total. The van der Waals surface area contributed by atoms with Crippen LogP contribution in [0, 0.1) is 6.92 Å². The summed E-state index contributed by atoms with van der Waals surface area (Å²) in [7, 11) is 2.65. The number of pyridine rings is 2. The van der Waals surface area contributed by atoms with Gasteiger partial charge < -0.3 is 4.34 Å². The molecular weight excluding hydrogens is 241 g/mol. The fourth-order valence-corrected chi connectivity index (χ4v) is 2.54. The molecule has 0 spiro atoms. The normalized spacial score (nSPS) is 11.4. The first-order valence-electron chi connectivity index (χ1n) is 4.85. The molecule has 1 unspecified atom stereocenters. The molecule has 0 aromatic carbocycles. The second-order valence-electron chi connectivity index (χ2n) is 3.68. The molecule has 3 heterocycles. The first kappa shape index (κ1) is 10.0. The maximum atomic E-state index is 6.05. The van der Waals surface area contributed by atoms with Crippen LogP contribution in [0.5, 0.6) is 0 Å². The van der Waals surface area contributed by atoms with E-state index in [0.29, 0.717) is 5.15 Å². The Bertz CT molecular complexity index is 705. The summed E-state index contributed by atoms with van der Waals surface area (Å²) in [6, 6.07) is 3.98. The molecule has 3 aromatic heterocycles. The summed E-state index contributed by atoms with van der Waals surface area (Å²) < 4.78 is 1.96. The number of aryl methyl sites for hydroxylation is 1. The summed E-state index contributed by atoms with van der Waals surface area (Å²) in [5.74, 6) is 0. The van der Waals surface area contributed by atoms with Crippen LogP contribution >= 0.6 is 21.0 Å². The first-order chi connectivity index (χ1) is 7.70. The van der Waals surface area contributed by atoms with Crippen molar-refractivity contribution in [3.05, 3.63) is 35.2 Å². The molecule has 16 heavy (non-hydrogen) atoms. The Hall–Kier alpha value is -1.18. The molecule has 80 valence electrons. The van der Waals surface area contributed by atoms with Gasteiger partial charge in [0.05, 0.1) is 11.7 Å². The molecule has 0 saturated heterocycles. The number of hydrogen-bond acceptors (Lipinski definition) is 2. The SMILES string of the molecule is Cc1c(Cl)ncc2c1c1cccnc1n2P. The van der Waals surface area contributed by atoms with E-state index in [0.717, 1.165) is 27.5 Å². The van der Waals surface area contributed by atoms with Gasteiger partial charge in [-0.05, 0) is 34.0 Å². The average molecular weight is 250 g/mol. The van der Waals surface area contributed by atoms with Crippen molar-refractivity contribution >= 4 is 42.9 Å². The lowest BCUT2D eigenvalue weighted by atomic mass is 10.1. The first-order valence-corrected chi connectivity index (χ1v) is 5.75. The van der Waals surface area contributed by atoms with Gasteiger partial charge >= 0.3 is 0 Å². The summed E-state index contributed by atoms with van der Waals surface area (Å²) in [4.78, 5) is 8.53. The van der Waals surface area contributed by atoms with Crippen molar-refractivity contribution in [2.45, 2.75) is 6.92 Å². The molecule has 1 atom stereocenters. The molecule has 5 heteroatoms. The lowest BCUT2D eigenvalue weighted by Gasteiger charge is -1.99. The number of aromatic nitrogens is 3. The minimum absolute atomic E-state index is 0.550. The maximum absolute atomic E-state index is 6.05. The quantitative estimate of drug-likeness (QED) is 0.453. The lowest BCUT2D eigenvalue weighted by molar-refractivity contribution is 1.26. The highest BCUT2D eigenvalue weighted by molar-refractivity contribution is 7.15. The number of halogens is 1. The molecule has 0 bridgehead atoms. The fourth-order valence-electron chi connectivity index (χ4n) is 2.00. The van der Waals surface area contributed by atoms with E-state index in [1.54, 1.807) is 12.4 Å². The summed E-state index contributed by atoms with van der Waals surface area (Å²) in [6.07, 6.45) is 3.56. The van der Waals surface area contributed by atoms with Gasteiger partial charge in [-0.2, -0.15) is 0 Å². The van der Waals surface area contributed by atoms with E-state index >= 15 is 0 Å². The Balaban J connectivity index is 2.68. The second kappa shape index (κ2) is 3.41. The highest BCUT2D eigenvalue weighted by atomic mass is 35.5. The van der Waals surface area contributed by atoms with Gasteiger partial charge in [0, 0.05) is 17.0 Å². The van der Waals surface area contributed by atoms with Crippen LogP contribution in [0.1, 0.15) is 5.56 Å². The zero-order valence-corrected chi connectivity index (χ0v) is 10.5. The standard InChI is InChI=1S/C11H9ClN3P/c1-6-9-7-3-2-4-13-11(7)15(16)8(9)5-14-10(6)12/h2-5H,16H2,1H3. The number of fused-ring (bicyclic) bond motifs is 3. The van der Waals surface area contributed by atoms with Crippen LogP contribution in [0.2, 0.25) is 5.15 Å². The van der Waals surface area contributed by atoms with E-state index in [4.69, 9.17) is 11.6 Å². The Morgan fingerprint density at radius 2 is 2.19 bits per heavy atom. The van der Waals surface area contributed by atoms with Crippen molar-refractivity contribution in [1.29, 1.82) is 0 Å². The van der Waals surface area contributed by atoms with E-state index in [1.807, 2.05) is 17.3 Å². The van der Waals surface area contributed by atoms with Crippen molar-refractivity contribution in [2.75, 3.05) is 0 Å². The lowest BCUT2D eigenvalue weighted by Crippen LogP contribution is -1.84. The summed E-state index contributed by atoms with van der Waals surface area (Å²) in [5, 5.41) is 2.78. The molecule has 0 saturated carbocycles. The molecule has 0 aliphatic heterocycles. The van der Waals surface area contributed by atoms with Gasteiger partial charge in [-0.15, -0.1) is 0 Å². The van der Waals surface area contributed by atoms with Crippen LogP contribution in [0.4, 0.5) is 0 Å². The van der Waals surface area contributed by atoms with E-state index < -0.39 is 0 Å². The molecule has 0 fully saturated rings. The highest BCUT2D eigenvalue weighted by Gasteiger charge is 2.13. The van der Waals surface area contributed by atoms with E-state index in [9.17, 15) is 0 Å². The van der Waals surface area contributed by atoms with Gasteiger partial charge in [-0.25, -0.2) is 9.97 Å². The molecule has 3 rings (SSSR count). The summed E-state index contributed by atoms with van der Waals surface area (Å²) >= 11 is 6.05. The smallest absolute Gasteiger partial charge is 0.143 e. The van der Waals surface area contributed by atoms with Crippen molar-refractivity contribution in [3.8, 4) is 0 Å². The van der Waals surface area contributed by atoms with Crippen molar-refractivity contribution in [1.82, 2.24) is 14.3 Å². The number of nitrogens with zero attached hydrogens (tertiary/aromatic N) is 3. The third-order valence-corrected chi connectivity index (χ3v) is 3.69. The minimum Gasteiger partial charge on any atom is -0.308 e. The Morgan fingerprint density at radius 3 is 3.00 bits per heavy atom. The Labute approximate surface area is 99.7 Å². The van der Waals surface area contributed by atoms with Gasteiger partial charge in [-0.1, -0.05) is 11.6 Å². The van der Waals surface area contributed by atoms with Crippen LogP contribution in [-0.2, 0) is 0 Å². The van der Waals surface area contributed by atoms with Gasteiger partial charge in [0.1, 0.15) is 10.8 Å². The van der Waals surface area contributed by atoms with Crippen LogP contribution in [0.15, 0.2) is 24.5 Å². The predicted molar refractivity (Wildman–Crippen MR) is 69.9 cm³/mol. The third kappa shape index (κ3) is 1.19. The highest BCUT2D eigenvalue weighted by Crippen LogP contribution is 2.33. The molecule has 0 radical (unpaired) electrons. The molecule has 3 aromatic rings. The van der Waals surface area contributed by atoms with Crippen molar-refractivity contribution in [3.63, 3.8) is 0 Å². The zero-order valence-electron chi connectivity index (χ0n) is 8.61. The number of rotatable bonds is 0. The van der Waals surface area contributed by atoms with Crippen LogP contribution in [0.25, 0.3) is 21.9 Å². The third-order valence-electron chi connectivity index (χ3n) is 2.78. The summed E-state index contributed by atoms with van der Waals surface area (Å²) in [5.41, 5.74) is 2.95. The molecule has 0 amide bonds. The van der Waals surface area contributed by atoms with Crippen LogP contribution < -0.4 is 0 Å². The van der Waals surface area contributed by atoms with Gasteiger partial charge in [-0.3, -0.25) is 0 Å². The molecule has 0 aliphatic carbocycles. The second-order valence-corrected chi connectivity index (χ2v) is 4.55. The minimum atomic E-state index is 0.550. The van der Waals surface area contributed by atoms with Crippen molar-refractivity contribution < 1.29 is 0 Å². The van der Waals surface area contributed by atoms with E-state index in [-0.39, 0.29) is 0 Å². The molecule has 0 aliphatic rings. The fraction of sp³-hybridized carbons (Fsp3) is 0.0909. The molecule has 3 nitrogen and oxygen atoms in total. The van der Waals surface area contributed by atoms with Crippen LogP contribution in [-0.4, -0.2) is 14.3 Å². The van der Waals surface area contributed by atoms with E-state index in [2.05, 4.69) is 25.4 Å². The van der Waals surface area contributed by atoms with E-state index in [1.165, 1.54) is 0 Å². The van der Waals surface area contributed by atoms with Crippen molar-refractivity contribution in [2.24, 2.45) is 0 Å². The Kier molecular flexibility index (Phi) is 2.13. The average Bonchev–Trinajstić information content (AvgIpc) is 2.59. The summed E-state index contributed by atoms with van der Waals surface area (Å²) in [6.45, 7) is 1.98. The largest absolute Gasteiger partial charge is 0.308 e. The monoisotopic (exact) mass is 249 g/mol. The molecular formula is C11H9ClN3P. The zero-order chi connectivity index (χ0) is 11.3. The topological polar surface area (TPSA) is 30.7 Å². The predicted octanol–water partition coefficient (Wildman–Crippen LogP) is 3.18. The van der Waals surface area contributed by atoms with Crippen LogP contribution in [0.3, 0.4) is 0 Å². The Morgan fingerprint density at radius 1 is 1.38 bits per heavy atom. The number of hydrogen-bond donors (Lipinski definition) is 0.